The average molecular weight is 333 g/mol. The number of sulfonamides is 1. The highest BCUT2D eigenvalue weighted by atomic mass is 32.2. The van der Waals surface area contributed by atoms with E-state index in [0.717, 1.165) is 0 Å². The topological polar surface area (TPSA) is 108 Å². The summed E-state index contributed by atoms with van der Waals surface area (Å²) in [5.41, 5.74) is 2.60. The first-order valence-corrected chi connectivity index (χ1v) is 8.12. The van der Waals surface area contributed by atoms with Crippen LogP contribution in [0.25, 0.3) is 0 Å². The second-order valence-corrected chi connectivity index (χ2v) is 6.26. The SMILES string of the molecule is O=C(CNS(=O)(=O)c1ccccc1)N/N=C\c1ccccc1O. The number of carbonyl (C=O) groups excluding carboxylic acids is 1. The standard InChI is InChI=1S/C15H15N3O4S/c19-14-9-5-4-6-12(14)10-16-18-15(20)11-17-23(21,22)13-7-2-1-3-8-13/h1-10,17,19H,11H2,(H,18,20)/b16-10-. The van der Waals surface area contributed by atoms with Gasteiger partial charge in [-0.15, -0.1) is 0 Å². The van der Waals surface area contributed by atoms with Crippen LogP contribution >= 0.6 is 0 Å². The Morgan fingerprint density at radius 1 is 1.09 bits per heavy atom. The highest BCUT2D eigenvalue weighted by Gasteiger charge is 2.14. The fourth-order valence-electron chi connectivity index (χ4n) is 1.65. The molecule has 0 saturated carbocycles. The van der Waals surface area contributed by atoms with Gasteiger partial charge >= 0.3 is 0 Å². The number of phenolic OH excluding ortho intramolecular Hbond substituents is 1. The lowest BCUT2D eigenvalue weighted by Crippen LogP contribution is -2.34. The third-order valence-corrected chi connectivity index (χ3v) is 4.22. The normalized spacial score (nSPS) is 11.5. The third kappa shape index (κ3) is 4.90. The maximum Gasteiger partial charge on any atom is 0.255 e. The smallest absolute Gasteiger partial charge is 0.255 e. The zero-order valence-electron chi connectivity index (χ0n) is 12.0. The maximum absolute atomic E-state index is 11.9. The lowest BCUT2D eigenvalue weighted by Gasteiger charge is -2.05. The first kappa shape index (κ1) is 16.7. The van der Waals surface area contributed by atoms with E-state index < -0.39 is 22.5 Å². The van der Waals surface area contributed by atoms with Crippen molar-refractivity contribution in [3.05, 3.63) is 60.2 Å². The molecular weight excluding hydrogens is 318 g/mol. The Bertz CT molecular complexity index is 804. The van der Waals surface area contributed by atoms with E-state index in [-0.39, 0.29) is 10.6 Å². The summed E-state index contributed by atoms with van der Waals surface area (Å²) in [6.07, 6.45) is 1.26. The van der Waals surface area contributed by atoms with Crippen molar-refractivity contribution in [1.82, 2.24) is 10.1 Å². The minimum Gasteiger partial charge on any atom is -0.507 e. The van der Waals surface area contributed by atoms with E-state index in [1.165, 1.54) is 24.4 Å². The van der Waals surface area contributed by atoms with Gasteiger partial charge in [0.05, 0.1) is 17.7 Å². The zero-order valence-corrected chi connectivity index (χ0v) is 12.8. The summed E-state index contributed by atoms with van der Waals surface area (Å²) in [6, 6.07) is 14.2. The summed E-state index contributed by atoms with van der Waals surface area (Å²) < 4.78 is 26.0. The highest BCUT2D eigenvalue weighted by molar-refractivity contribution is 7.89. The molecule has 0 heterocycles. The van der Waals surface area contributed by atoms with Gasteiger partial charge in [0.25, 0.3) is 5.91 Å². The summed E-state index contributed by atoms with van der Waals surface area (Å²) in [4.78, 5) is 11.7. The maximum atomic E-state index is 11.9. The largest absolute Gasteiger partial charge is 0.507 e. The molecule has 0 unspecified atom stereocenters. The summed E-state index contributed by atoms with van der Waals surface area (Å²) in [7, 11) is -3.74. The summed E-state index contributed by atoms with van der Waals surface area (Å²) in [5.74, 6) is -0.605. The summed E-state index contributed by atoms with van der Waals surface area (Å²) in [6.45, 7) is -0.449. The number of benzene rings is 2. The number of hydrogen-bond acceptors (Lipinski definition) is 5. The second-order valence-electron chi connectivity index (χ2n) is 4.49. The van der Waals surface area contributed by atoms with Gasteiger partial charge in [0.15, 0.2) is 0 Å². The minimum absolute atomic E-state index is 0.0234. The summed E-state index contributed by atoms with van der Waals surface area (Å²) in [5, 5.41) is 13.2. The zero-order chi connectivity index (χ0) is 16.7. The Balaban J connectivity index is 1.87. The van der Waals surface area contributed by atoms with Crippen LogP contribution < -0.4 is 10.1 Å². The van der Waals surface area contributed by atoms with E-state index in [0.29, 0.717) is 5.56 Å². The van der Waals surface area contributed by atoms with Crippen molar-refractivity contribution in [2.75, 3.05) is 6.54 Å². The van der Waals surface area contributed by atoms with Crippen LogP contribution in [0.4, 0.5) is 0 Å². The molecule has 0 saturated heterocycles. The number of aromatic hydroxyl groups is 1. The fourth-order valence-corrected chi connectivity index (χ4v) is 2.66. The molecule has 0 bridgehead atoms. The van der Waals surface area contributed by atoms with Crippen LogP contribution in [0.1, 0.15) is 5.56 Å². The van der Waals surface area contributed by atoms with Crippen LogP contribution in [0, 0.1) is 0 Å². The van der Waals surface area contributed by atoms with Crippen molar-refractivity contribution in [2.45, 2.75) is 4.90 Å². The number of para-hydroxylation sites is 1. The van der Waals surface area contributed by atoms with Crippen molar-refractivity contribution in [3.63, 3.8) is 0 Å². The molecule has 0 aromatic heterocycles. The predicted octanol–water partition coefficient (Wildman–Crippen LogP) is 0.821. The molecule has 0 aliphatic carbocycles. The molecular formula is C15H15N3O4S. The molecule has 2 rings (SSSR count). The molecule has 1 amide bonds. The van der Waals surface area contributed by atoms with Crippen molar-refractivity contribution >= 4 is 22.1 Å². The first-order chi connectivity index (χ1) is 11.0. The lowest BCUT2D eigenvalue weighted by molar-refractivity contribution is -0.119. The molecule has 0 spiro atoms. The Hall–Kier alpha value is -2.71. The van der Waals surface area contributed by atoms with Crippen LogP contribution in [-0.2, 0) is 14.8 Å². The molecule has 120 valence electrons. The van der Waals surface area contributed by atoms with Gasteiger partial charge in [-0.25, -0.2) is 18.6 Å². The lowest BCUT2D eigenvalue weighted by atomic mass is 10.2. The van der Waals surface area contributed by atoms with E-state index in [4.69, 9.17) is 0 Å². The number of hydrogen-bond donors (Lipinski definition) is 3. The van der Waals surface area contributed by atoms with Gasteiger partial charge in [-0.2, -0.15) is 5.10 Å². The molecule has 3 N–H and O–H groups in total. The van der Waals surface area contributed by atoms with E-state index in [9.17, 15) is 18.3 Å². The number of hydrazone groups is 1. The van der Waals surface area contributed by atoms with Gasteiger partial charge in [0.2, 0.25) is 10.0 Å². The van der Waals surface area contributed by atoms with E-state index in [1.807, 2.05) is 0 Å². The van der Waals surface area contributed by atoms with Crippen molar-refractivity contribution in [2.24, 2.45) is 5.10 Å². The summed E-state index contributed by atoms with van der Waals surface area (Å²) >= 11 is 0. The quantitative estimate of drug-likeness (QED) is 0.537. The van der Waals surface area contributed by atoms with Gasteiger partial charge in [-0.1, -0.05) is 30.3 Å². The Morgan fingerprint density at radius 2 is 1.74 bits per heavy atom. The number of carbonyl (C=O) groups is 1. The molecule has 0 atom stereocenters. The predicted molar refractivity (Wildman–Crippen MR) is 85.5 cm³/mol. The first-order valence-electron chi connectivity index (χ1n) is 6.63. The Kier molecular flexibility index (Phi) is 5.45. The van der Waals surface area contributed by atoms with E-state index in [2.05, 4.69) is 15.2 Å². The molecule has 2 aromatic rings. The molecule has 0 radical (unpaired) electrons. The van der Waals surface area contributed by atoms with Crippen LogP contribution in [-0.4, -0.2) is 32.2 Å². The van der Waals surface area contributed by atoms with Crippen molar-refractivity contribution in [1.29, 1.82) is 0 Å². The number of phenols is 1. The van der Waals surface area contributed by atoms with Gasteiger partial charge in [-0.3, -0.25) is 4.79 Å². The number of rotatable bonds is 6. The van der Waals surface area contributed by atoms with E-state index >= 15 is 0 Å². The Labute approximate surface area is 133 Å². The van der Waals surface area contributed by atoms with E-state index in [1.54, 1.807) is 36.4 Å². The molecule has 7 nitrogen and oxygen atoms in total. The van der Waals surface area contributed by atoms with Gasteiger partial charge in [0, 0.05) is 5.56 Å². The average Bonchev–Trinajstić information content (AvgIpc) is 2.56. The van der Waals surface area contributed by atoms with Crippen LogP contribution in [0.2, 0.25) is 0 Å². The highest BCUT2D eigenvalue weighted by Crippen LogP contribution is 2.12. The van der Waals surface area contributed by atoms with Crippen molar-refractivity contribution in [3.8, 4) is 5.75 Å². The number of nitrogens with zero attached hydrogens (tertiary/aromatic N) is 1. The molecule has 0 fully saturated rings. The second kappa shape index (κ2) is 7.52. The minimum atomic E-state index is -3.74. The number of nitrogens with one attached hydrogen (secondary N) is 2. The van der Waals surface area contributed by atoms with Crippen LogP contribution in [0.3, 0.4) is 0 Å². The van der Waals surface area contributed by atoms with Gasteiger partial charge in [0.1, 0.15) is 5.75 Å². The molecule has 2 aromatic carbocycles. The molecule has 8 heteroatoms. The number of amides is 1. The molecule has 0 aliphatic rings. The molecule has 23 heavy (non-hydrogen) atoms. The van der Waals surface area contributed by atoms with Crippen molar-refractivity contribution < 1.29 is 18.3 Å². The fraction of sp³-hybridized carbons (Fsp3) is 0.0667. The monoisotopic (exact) mass is 333 g/mol. The van der Waals surface area contributed by atoms with Gasteiger partial charge < -0.3 is 5.11 Å². The van der Waals surface area contributed by atoms with Gasteiger partial charge in [-0.05, 0) is 24.3 Å². The Morgan fingerprint density at radius 3 is 2.43 bits per heavy atom. The third-order valence-electron chi connectivity index (χ3n) is 2.81. The van der Waals surface area contributed by atoms with Crippen LogP contribution in [0.15, 0.2) is 64.6 Å². The van der Waals surface area contributed by atoms with Crippen LogP contribution in [0.5, 0.6) is 5.75 Å². The molecule has 0 aliphatic heterocycles.